The van der Waals surface area contributed by atoms with E-state index in [-0.39, 0.29) is 11.3 Å². The van der Waals surface area contributed by atoms with Crippen molar-refractivity contribution < 1.29 is 9.18 Å². The van der Waals surface area contributed by atoms with E-state index in [1.54, 1.807) is 23.6 Å². The lowest BCUT2D eigenvalue weighted by molar-refractivity contribution is -0.139. The summed E-state index contributed by atoms with van der Waals surface area (Å²) >= 11 is 1.56. The van der Waals surface area contributed by atoms with Crippen LogP contribution in [0.5, 0.6) is 0 Å². The average molecular weight is 348 g/mol. The molecule has 0 bridgehead atoms. The van der Waals surface area contributed by atoms with E-state index in [2.05, 4.69) is 14.9 Å². The largest absolute Gasteiger partial charge is 0.345 e. The minimum absolute atomic E-state index is 0.194. The van der Waals surface area contributed by atoms with Gasteiger partial charge in [-0.15, -0.1) is 0 Å². The van der Waals surface area contributed by atoms with Crippen molar-refractivity contribution in [2.45, 2.75) is 20.8 Å². The molecule has 1 aliphatic heterocycles. The number of aromatic nitrogens is 2. The quantitative estimate of drug-likeness (QED) is 0.783. The molecule has 0 aromatic carbocycles. The van der Waals surface area contributed by atoms with Gasteiger partial charge in [0.1, 0.15) is 0 Å². The van der Waals surface area contributed by atoms with E-state index in [9.17, 15) is 9.18 Å². The molecule has 1 aliphatic rings. The Labute approximate surface area is 145 Å². The highest BCUT2D eigenvalue weighted by Gasteiger charge is 2.30. The minimum Gasteiger partial charge on any atom is -0.345 e. The van der Waals surface area contributed by atoms with Crippen molar-refractivity contribution in [3.8, 4) is 10.4 Å². The maximum absolute atomic E-state index is 12.9. The molecule has 2 aromatic heterocycles. The standard InChI is InChI=1S/C17H21FN4OS/c1-17(2,3)15(23)21-6-8-22(9-7-21)16-20-11-13(24-16)12-4-5-14(18)19-10-12/h4-5,10-11H,6-9H2,1-3H3. The average Bonchev–Trinajstić information content (AvgIpc) is 3.04. The molecule has 0 aliphatic carbocycles. The molecule has 1 amide bonds. The maximum Gasteiger partial charge on any atom is 0.228 e. The highest BCUT2D eigenvalue weighted by molar-refractivity contribution is 7.18. The summed E-state index contributed by atoms with van der Waals surface area (Å²) < 4.78 is 12.9. The van der Waals surface area contributed by atoms with Crippen LogP contribution in [0.25, 0.3) is 10.4 Å². The van der Waals surface area contributed by atoms with Gasteiger partial charge in [-0.25, -0.2) is 9.97 Å². The normalized spacial score (nSPS) is 15.7. The van der Waals surface area contributed by atoms with Gasteiger partial charge >= 0.3 is 0 Å². The summed E-state index contributed by atoms with van der Waals surface area (Å²) in [7, 11) is 0. The van der Waals surface area contributed by atoms with Gasteiger partial charge in [0.25, 0.3) is 0 Å². The highest BCUT2D eigenvalue weighted by atomic mass is 32.1. The lowest BCUT2D eigenvalue weighted by Gasteiger charge is -2.37. The first-order chi connectivity index (χ1) is 11.3. The Bertz CT molecular complexity index is 715. The summed E-state index contributed by atoms with van der Waals surface area (Å²) in [6, 6.07) is 3.06. The van der Waals surface area contributed by atoms with Crippen molar-refractivity contribution >= 4 is 22.4 Å². The van der Waals surface area contributed by atoms with E-state index in [1.807, 2.05) is 25.7 Å². The zero-order chi connectivity index (χ0) is 17.3. The van der Waals surface area contributed by atoms with Crippen LogP contribution < -0.4 is 4.90 Å². The SMILES string of the molecule is CC(C)(C)C(=O)N1CCN(c2ncc(-c3ccc(F)nc3)s2)CC1. The summed E-state index contributed by atoms with van der Waals surface area (Å²) in [5, 5.41) is 0.928. The molecule has 0 unspecified atom stereocenters. The van der Waals surface area contributed by atoms with Crippen molar-refractivity contribution in [3.63, 3.8) is 0 Å². The fraction of sp³-hybridized carbons (Fsp3) is 0.471. The van der Waals surface area contributed by atoms with E-state index in [4.69, 9.17) is 0 Å². The van der Waals surface area contributed by atoms with Crippen molar-refractivity contribution in [2.75, 3.05) is 31.1 Å². The Morgan fingerprint density at radius 2 is 1.83 bits per heavy atom. The van der Waals surface area contributed by atoms with E-state index in [0.29, 0.717) is 13.1 Å². The van der Waals surface area contributed by atoms with E-state index < -0.39 is 5.95 Å². The number of hydrogen-bond donors (Lipinski definition) is 0. The number of carbonyl (C=O) groups excluding carboxylic acids is 1. The summed E-state index contributed by atoms with van der Waals surface area (Å²) in [6.07, 6.45) is 3.31. The molecule has 7 heteroatoms. The zero-order valence-electron chi connectivity index (χ0n) is 14.1. The van der Waals surface area contributed by atoms with Crippen LogP contribution in [0, 0.1) is 11.4 Å². The fourth-order valence-electron chi connectivity index (χ4n) is 2.64. The molecule has 0 spiro atoms. The van der Waals surface area contributed by atoms with E-state index in [1.165, 1.54) is 12.3 Å². The van der Waals surface area contributed by atoms with Gasteiger partial charge in [-0.3, -0.25) is 4.79 Å². The van der Waals surface area contributed by atoms with Crippen LogP contribution in [-0.2, 0) is 4.79 Å². The Kier molecular flexibility index (Phi) is 4.54. The second-order valence-electron chi connectivity index (χ2n) is 6.91. The Morgan fingerprint density at radius 1 is 1.12 bits per heavy atom. The van der Waals surface area contributed by atoms with Crippen LogP contribution in [-0.4, -0.2) is 47.0 Å². The number of amides is 1. The molecule has 128 valence electrons. The minimum atomic E-state index is -0.483. The number of anilines is 1. The van der Waals surface area contributed by atoms with Crippen LogP contribution in [0.15, 0.2) is 24.5 Å². The smallest absolute Gasteiger partial charge is 0.228 e. The van der Waals surface area contributed by atoms with Crippen molar-refractivity contribution in [1.82, 2.24) is 14.9 Å². The van der Waals surface area contributed by atoms with Gasteiger partial charge in [0, 0.05) is 49.6 Å². The van der Waals surface area contributed by atoms with Crippen LogP contribution in [0.1, 0.15) is 20.8 Å². The first kappa shape index (κ1) is 16.8. The van der Waals surface area contributed by atoms with Gasteiger partial charge in [0.2, 0.25) is 11.9 Å². The third kappa shape index (κ3) is 3.56. The zero-order valence-corrected chi connectivity index (χ0v) is 14.9. The molecule has 0 N–H and O–H groups in total. The molecule has 3 rings (SSSR count). The second kappa shape index (κ2) is 6.47. The van der Waals surface area contributed by atoms with E-state index in [0.717, 1.165) is 28.7 Å². The molecule has 1 fully saturated rings. The molecule has 1 saturated heterocycles. The van der Waals surface area contributed by atoms with Crippen molar-refractivity contribution in [2.24, 2.45) is 5.41 Å². The lowest BCUT2D eigenvalue weighted by Crippen LogP contribution is -2.51. The number of nitrogens with zero attached hydrogens (tertiary/aromatic N) is 4. The third-order valence-electron chi connectivity index (χ3n) is 3.98. The fourth-order valence-corrected chi connectivity index (χ4v) is 3.60. The molecule has 2 aromatic rings. The molecule has 5 nitrogen and oxygen atoms in total. The number of pyridine rings is 1. The molecule has 3 heterocycles. The van der Waals surface area contributed by atoms with Crippen molar-refractivity contribution in [1.29, 1.82) is 0 Å². The molecule has 24 heavy (non-hydrogen) atoms. The monoisotopic (exact) mass is 348 g/mol. The van der Waals surface area contributed by atoms with Crippen LogP contribution in [0.4, 0.5) is 9.52 Å². The molecule has 0 radical (unpaired) electrons. The molecule has 0 atom stereocenters. The van der Waals surface area contributed by atoms with Crippen LogP contribution in [0.2, 0.25) is 0 Å². The highest BCUT2D eigenvalue weighted by Crippen LogP contribution is 2.31. The van der Waals surface area contributed by atoms with Crippen LogP contribution >= 0.6 is 11.3 Å². The summed E-state index contributed by atoms with van der Waals surface area (Å²) in [6.45, 7) is 8.82. The van der Waals surface area contributed by atoms with Crippen LogP contribution in [0.3, 0.4) is 0 Å². The van der Waals surface area contributed by atoms with Gasteiger partial charge in [0.05, 0.1) is 4.88 Å². The Balaban J connectivity index is 1.65. The number of hydrogen-bond acceptors (Lipinski definition) is 5. The summed E-state index contributed by atoms with van der Waals surface area (Å²) in [4.78, 5) is 25.6. The predicted octanol–water partition coefficient (Wildman–Crippen LogP) is 3.04. The topological polar surface area (TPSA) is 49.3 Å². The Morgan fingerprint density at radius 3 is 2.42 bits per heavy atom. The van der Waals surface area contributed by atoms with Gasteiger partial charge in [-0.2, -0.15) is 4.39 Å². The summed E-state index contributed by atoms with van der Waals surface area (Å²) in [5.41, 5.74) is 0.522. The molecule has 0 saturated carbocycles. The maximum atomic E-state index is 12.9. The number of carbonyl (C=O) groups is 1. The number of rotatable bonds is 2. The molecular formula is C17H21FN4OS. The lowest BCUT2D eigenvalue weighted by atomic mass is 9.94. The Hall–Kier alpha value is -2.02. The first-order valence-corrected chi connectivity index (χ1v) is 8.78. The van der Waals surface area contributed by atoms with Gasteiger partial charge in [-0.05, 0) is 12.1 Å². The van der Waals surface area contributed by atoms with Gasteiger partial charge < -0.3 is 9.80 Å². The second-order valence-corrected chi connectivity index (χ2v) is 7.92. The van der Waals surface area contributed by atoms with Crippen molar-refractivity contribution in [3.05, 3.63) is 30.5 Å². The number of thiazole rings is 1. The number of halogens is 1. The third-order valence-corrected chi connectivity index (χ3v) is 5.09. The molecular weight excluding hydrogens is 327 g/mol. The predicted molar refractivity (Wildman–Crippen MR) is 93.6 cm³/mol. The first-order valence-electron chi connectivity index (χ1n) is 7.97. The van der Waals surface area contributed by atoms with E-state index >= 15 is 0 Å². The summed E-state index contributed by atoms with van der Waals surface area (Å²) in [5.74, 6) is -0.289. The number of piperazine rings is 1. The van der Waals surface area contributed by atoms with Gasteiger partial charge in [0.15, 0.2) is 5.13 Å². The van der Waals surface area contributed by atoms with Gasteiger partial charge in [-0.1, -0.05) is 32.1 Å².